The number of rotatable bonds is 8. The lowest BCUT2D eigenvalue weighted by atomic mass is 10.1. The van der Waals surface area contributed by atoms with Gasteiger partial charge in [-0.1, -0.05) is 0 Å². The van der Waals surface area contributed by atoms with Crippen molar-refractivity contribution in [2.45, 2.75) is 12.5 Å². The first-order chi connectivity index (χ1) is 9.53. The summed E-state index contributed by atoms with van der Waals surface area (Å²) in [6.07, 6.45) is 0. The Labute approximate surface area is 119 Å². The quantitative estimate of drug-likeness (QED) is 0.744. The predicted octanol–water partition coefficient (Wildman–Crippen LogP) is 1.06. The van der Waals surface area contributed by atoms with Gasteiger partial charge in [-0.05, 0) is 14.0 Å². The van der Waals surface area contributed by atoms with Crippen molar-refractivity contribution >= 4 is 0 Å². The second-order valence-electron chi connectivity index (χ2n) is 4.62. The van der Waals surface area contributed by atoms with Gasteiger partial charge in [0.15, 0.2) is 11.5 Å². The number of aliphatic hydroxyl groups is 1. The van der Waals surface area contributed by atoms with E-state index in [1.165, 1.54) is 0 Å². The molecule has 1 unspecified atom stereocenters. The number of aliphatic hydroxyl groups excluding tert-OH is 1. The standard InChI is InChI=1S/C14H23NO5/c1-14(8-16,15-2)9-20-10-6-11(17-3)13(19-5)12(7-10)18-4/h6-7,15-16H,8-9H2,1-5H3. The highest BCUT2D eigenvalue weighted by Crippen LogP contribution is 2.40. The van der Waals surface area contributed by atoms with Crippen molar-refractivity contribution in [3.63, 3.8) is 0 Å². The summed E-state index contributed by atoms with van der Waals surface area (Å²) >= 11 is 0. The van der Waals surface area contributed by atoms with Crippen molar-refractivity contribution in [1.29, 1.82) is 0 Å². The highest BCUT2D eigenvalue weighted by atomic mass is 16.5. The molecule has 1 aromatic rings. The Morgan fingerprint density at radius 3 is 2.00 bits per heavy atom. The van der Waals surface area contributed by atoms with E-state index in [9.17, 15) is 5.11 Å². The molecule has 6 heteroatoms. The molecule has 0 aromatic heterocycles. The van der Waals surface area contributed by atoms with Gasteiger partial charge in [-0.25, -0.2) is 0 Å². The summed E-state index contributed by atoms with van der Waals surface area (Å²) in [6.45, 7) is 2.14. The van der Waals surface area contributed by atoms with Gasteiger partial charge in [-0.3, -0.25) is 0 Å². The topological polar surface area (TPSA) is 69.2 Å². The maximum Gasteiger partial charge on any atom is 0.203 e. The molecule has 0 aliphatic heterocycles. The van der Waals surface area contributed by atoms with Crippen LogP contribution in [0, 0.1) is 0 Å². The van der Waals surface area contributed by atoms with Gasteiger partial charge in [0.2, 0.25) is 5.75 Å². The summed E-state index contributed by atoms with van der Waals surface area (Å²) < 4.78 is 21.5. The predicted molar refractivity (Wildman–Crippen MR) is 76.1 cm³/mol. The van der Waals surface area contributed by atoms with Crippen LogP contribution < -0.4 is 24.3 Å². The van der Waals surface area contributed by atoms with Gasteiger partial charge >= 0.3 is 0 Å². The normalized spacial score (nSPS) is 13.5. The van der Waals surface area contributed by atoms with E-state index >= 15 is 0 Å². The fourth-order valence-electron chi connectivity index (χ4n) is 1.58. The maximum absolute atomic E-state index is 9.34. The molecule has 6 nitrogen and oxygen atoms in total. The van der Waals surface area contributed by atoms with Crippen molar-refractivity contribution in [1.82, 2.24) is 5.32 Å². The lowest BCUT2D eigenvalue weighted by Gasteiger charge is -2.27. The smallest absolute Gasteiger partial charge is 0.203 e. The molecule has 0 fully saturated rings. The number of nitrogens with one attached hydrogen (secondary N) is 1. The van der Waals surface area contributed by atoms with Gasteiger partial charge in [-0.2, -0.15) is 0 Å². The van der Waals surface area contributed by atoms with Gasteiger partial charge in [0.1, 0.15) is 12.4 Å². The van der Waals surface area contributed by atoms with Gasteiger partial charge in [0, 0.05) is 12.1 Å². The van der Waals surface area contributed by atoms with Crippen LogP contribution in [0.5, 0.6) is 23.0 Å². The Morgan fingerprint density at radius 1 is 1.10 bits per heavy atom. The first-order valence-electron chi connectivity index (χ1n) is 6.26. The van der Waals surface area contributed by atoms with Crippen molar-refractivity contribution < 1.29 is 24.1 Å². The molecular formula is C14H23NO5. The summed E-state index contributed by atoms with van der Waals surface area (Å²) in [4.78, 5) is 0. The molecule has 0 radical (unpaired) electrons. The van der Waals surface area contributed by atoms with E-state index in [1.54, 1.807) is 40.5 Å². The summed E-state index contributed by atoms with van der Waals surface area (Å²) in [6, 6.07) is 3.43. The molecular weight excluding hydrogens is 262 g/mol. The van der Waals surface area contributed by atoms with Gasteiger partial charge in [0.25, 0.3) is 0 Å². The lowest BCUT2D eigenvalue weighted by Crippen LogP contribution is -2.48. The van der Waals surface area contributed by atoms with Crippen LogP contribution in [0.25, 0.3) is 0 Å². The van der Waals surface area contributed by atoms with E-state index in [1.807, 2.05) is 6.92 Å². The SMILES string of the molecule is CNC(C)(CO)COc1cc(OC)c(OC)c(OC)c1. The second kappa shape index (κ2) is 7.21. The van der Waals surface area contributed by atoms with Crippen LogP contribution in [-0.4, -0.2) is 52.2 Å². The van der Waals surface area contributed by atoms with Crippen LogP contribution in [-0.2, 0) is 0 Å². The van der Waals surface area contributed by atoms with E-state index < -0.39 is 5.54 Å². The molecule has 0 spiro atoms. The average molecular weight is 285 g/mol. The Hall–Kier alpha value is -1.66. The van der Waals surface area contributed by atoms with Crippen LogP contribution in [0.2, 0.25) is 0 Å². The maximum atomic E-state index is 9.34. The van der Waals surface area contributed by atoms with Crippen LogP contribution in [0.15, 0.2) is 12.1 Å². The molecule has 0 amide bonds. The van der Waals surface area contributed by atoms with Crippen LogP contribution in [0.4, 0.5) is 0 Å². The number of likely N-dealkylation sites (N-methyl/N-ethyl adjacent to an activating group) is 1. The molecule has 114 valence electrons. The number of methoxy groups -OCH3 is 3. The number of benzene rings is 1. The number of ether oxygens (including phenoxy) is 4. The highest BCUT2D eigenvalue weighted by molar-refractivity contribution is 5.55. The first kappa shape index (κ1) is 16.4. The molecule has 1 atom stereocenters. The van der Waals surface area contributed by atoms with Crippen molar-refractivity contribution in [2.75, 3.05) is 41.6 Å². The molecule has 0 heterocycles. The zero-order valence-corrected chi connectivity index (χ0v) is 12.6. The molecule has 20 heavy (non-hydrogen) atoms. The summed E-state index contributed by atoms with van der Waals surface area (Å²) in [5.74, 6) is 2.14. The van der Waals surface area contributed by atoms with E-state index in [0.29, 0.717) is 29.6 Å². The summed E-state index contributed by atoms with van der Waals surface area (Å²) in [5.41, 5.74) is -0.513. The highest BCUT2D eigenvalue weighted by Gasteiger charge is 2.22. The monoisotopic (exact) mass is 285 g/mol. The minimum Gasteiger partial charge on any atom is -0.493 e. The first-order valence-corrected chi connectivity index (χ1v) is 6.26. The summed E-state index contributed by atoms with van der Waals surface area (Å²) in [7, 11) is 6.42. The van der Waals surface area contributed by atoms with Crippen LogP contribution >= 0.6 is 0 Å². The Morgan fingerprint density at radius 2 is 1.65 bits per heavy atom. The third-order valence-electron chi connectivity index (χ3n) is 3.15. The Balaban J connectivity index is 2.96. The summed E-state index contributed by atoms with van der Waals surface area (Å²) in [5, 5.41) is 12.4. The van der Waals surface area contributed by atoms with Gasteiger partial charge < -0.3 is 29.4 Å². The number of hydrogen-bond acceptors (Lipinski definition) is 6. The molecule has 0 saturated heterocycles. The second-order valence-corrected chi connectivity index (χ2v) is 4.62. The molecule has 1 rings (SSSR count). The molecule has 0 aliphatic carbocycles. The van der Waals surface area contributed by atoms with E-state index in [0.717, 1.165) is 0 Å². The van der Waals surface area contributed by atoms with Gasteiger partial charge in [0.05, 0.1) is 33.5 Å². The van der Waals surface area contributed by atoms with E-state index in [-0.39, 0.29) is 6.61 Å². The third-order valence-corrected chi connectivity index (χ3v) is 3.15. The van der Waals surface area contributed by atoms with E-state index in [2.05, 4.69) is 5.32 Å². The molecule has 0 aliphatic rings. The van der Waals surface area contributed by atoms with Gasteiger partial charge in [-0.15, -0.1) is 0 Å². The molecule has 0 bridgehead atoms. The fourth-order valence-corrected chi connectivity index (χ4v) is 1.58. The van der Waals surface area contributed by atoms with Crippen molar-refractivity contribution in [3.05, 3.63) is 12.1 Å². The van der Waals surface area contributed by atoms with Crippen LogP contribution in [0.3, 0.4) is 0 Å². The zero-order chi connectivity index (χ0) is 15.2. The fraction of sp³-hybridized carbons (Fsp3) is 0.571. The minimum absolute atomic E-state index is 0.0338. The Bertz CT molecular complexity index is 407. The van der Waals surface area contributed by atoms with Crippen molar-refractivity contribution in [3.8, 4) is 23.0 Å². The molecule has 2 N–H and O–H groups in total. The minimum atomic E-state index is -0.513. The largest absolute Gasteiger partial charge is 0.493 e. The zero-order valence-electron chi connectivity index (χ0n) is 12.6. The third kappa shape index (κ3) is 3.68. The average Bonchev–Trinajstić information content (AvgIpc) is 2.51. The van der Waals surface area contributed by atoms with Crippen LogP contribution in [0.1, 0.15) is 6.92 Å². The molecule has 1 aromatic carbocycles. The number of hydrogen-bond donors (Lipinski definition) is 2. The van der Waals surface area contributed by atoms with Crippen molar-refractivity contribution in [2.24, 2.45) is 0 Å². The molecule has 0 saturated carbocycles. The lowest BCUT2D eigenvalue weighted by molar-refractivity contribution is 0.122. The Kier molecular flexibility index (Phi) is 5.91. The van der Waals surface area contributed by atoms with E-state index in [4.69, 9.17) is 18.9 Å².